The summed E-state index contributed by atoms with van der Waals surface area (Å²) in [5.74, 6) is 1.93. The summed E-state index contributed by atoms with van der Waals surface area (Å²) in [6, 6.07) is 0. The van der Waals surface area contributed by atoms with Crippen LogP contribution in [0, 0.1) is 23.7 Å². The van der Waals surface area contributed by atoms with Crippen LogP contribution in [-0.2, 0) is 4.79 Å². The number of fused-ring (bicyclic) bond motifs is 1. The number of likely N-dealkylation sites (tertiary alicyclic amines) is 1. The normalized spacial score (nSPS) is 33.3. The summed E-state index contributed by atoms with van der Waals surface area (Å²) in [6.07, 6.45) is 20.1. The monoisotopic (exact) mass is 415 g/mol. The van der Waals surface area contributed by atoms with Crippen LogP contribution in [0.15, 0.2) is 23.8 Å². The number of unbranched alkanes of at least 4 members (excludes halogenated alkanes) is 1. The summed E-state index contributed by atoms with van der Waals surface area (Å²) in [5, 5.41) is 21.0. The molecule has 2 saturated carbocycles. The molecule has 1 heterocycles. The average Bonchev–Trinajstić information content (AvgIpc) is 3.47. The summed E-state index contributed by atoms with van der Waals surface area (Å²) in [4.78, 5) is 14.4. The molecule has 3 aliphatic carbocycles. The molecule has 1 saturated heterocycles. The van der Waals surface area contributed by atoms with Crippen molar-refractivity contribution < 1.29 is 15.0 Å². The van der Waals surface area contributed by atoms with E-state index in [9.17, 15) is 15.0 Å². The molecule has 0 aromatic rings. The van der Waals surface area contributed by atoms with Crippen LogP contribution in [0.4, 0.5) is 0 Å². The summed E-state index contributed by atoms with van der Waals surface area (Å²) < 4.78 is 0. The molecule has 3 fully saturated rings. The number of carbonyl (C=O) groups is 1. The number of carbonyl (C=O) groups excluding carboxylic acids is 1. The van der Waals surface area contributed by atoms with Gasteiger partial charge in [-0.25, -0.2) is 0 Å². The largest absolute Gasteiger partial charge is 0.392 e. The Kier molecular flexibility index (Phi) is 7.69. The van der Waals surface area contributed by atoms with Gasteiger partial charge >= 0.3 is 0 Å². The molecule has 0 aromatic heterocycles. The average molecular weight is 416 g/mol. The third kappa shape index (κ3) is 5.37. The molecule has 4 heteroatoms. The molecular weight excluding hydrogens is 374 g/mol. The number of hydrogen-bond acceptors (Lipinski definition) is 3. The second kappa shape index (κ2) is 10.5. The van der Waals surface area contributed by atoms with Gasteiger partial charge in [-0.15, -0.1) is 0 Å². The number of aliphatic hydroxyl groups excluding tert-OH is 2. The third-order valence-electron chi connectivity index (χ3n) is 8.21. The van der Waals surface area contributed by atoms with Crippen LogP contribution in [-0.4, -0.2) is 46.3 Å². The van der Waals surface area contributed by atoms with Crippen molar-refractivity contribution in [3.63, 3.8) is 0 Å². The van der Waals surface area contributed by atoms with E-state index in [1.54, 1.807) is 0 Å². The highest BCUT2D eigenvalue weighted by Crippen LogP contribution is 2.48. The van der Waals surface area contributed by atoms with Crippen molar-refractivity contribution in [2.24, 2.45) is 23.7 Å². The van der Waals surface area contributed by atoms with Crippen LogP contribution in [0.3, 0.4) is 0 Å². The first-order chi connectivity index (χ1) is 14.6. The van der Waals surface area contributed by atoms with Crippen molar-refractivity contribution >= 4 is 5.91 Å². The minimum atomic E-state index is -0.343. The lowest BCUT2D eigenvalue weighted by atomic mass is 9.88. The fourth-order valence-electron chi connectivity index (χ4n) is 6.42. The highest BCUT2D eigenvalue weighted by atomic mass is 16.3. The number of aliphatic hydroxyl groups is 2. The number of hydrogen-bond donors (Lipinski definition) is 2. The molecule has 0 radical (unpaired) electrons. The molecule has 0 aromatic carbocycles. The molecule has 4 aliphatic rings. The minimum Gasteiger partial charge on any atom is -0.392 e. The van der Waals surface area contributed by atoms with Crippen molar-refractivity contribution in [1.82, 2.24) is 4.90 Å². The van der Waals surface area contributed by atoms with Crippen LogP contribution in [0.5, 0.6) is 0 Å². The number of rotatable bonds is 8. The molecule has 0 unspecified atom stereocenters. The second-order valence-corrected chi connectivity index (χ2v) is 10.3. The smallest absolute Gasteiger partial charge is 0.222 e. The molecule has 4 nitrogen and oxygen atoms in total. The number of nitrogens with zero attached hydrogens (tertiary/aromatic N) is 1. The van der Waals surface area contributed by atoms with Crippen LogP contribution in [0.2, 0.25) is 0 Å². The van der Waals surface area contributed by atoms with Crippen molar-refractivity contribution in [3.05, 3.63) is 23.8 Å². The van der Waals surface area contributed by atoms with Gasteiger partial charge in [0, 0.05) is 25.4 Å². The van der Waals surface area contributed by atoms with Crippen LogP contribution in [0.25, 0.3) is 0 Å². The Balaban J connectivity index is 1.19. The SMILES string of the molecule is O=C(CCCCC1=C[C@H]2C[C@@H](O)[C@H](C=C[C@@H](O)C3CCCC3)[C@H]2C1)N1CCCCC1. The van der Waals surface area contributed by atoms with Gasteiger partial charge in [0.2, 0.25) is 5.91 Å². The zero-order valence-corrected chi connectivity index (χ0v) is 18.6. The van der Waals surface area contributed by atoms with Crippen molar-refractivity contribution in [2.45, 2.75) is 95.7 Å². The van der Waals surface area contributed by atoms with Gasteiger partial charge in [0.15, 0.2) is 0 Å². The van der Waals surface area contributed by atoms with E-state index in [-0.39, 0.29) is 18.1 Å². The van der Waals surface area contributed by atoms with E-state index in [0.717, 1.165) is 58.0 Å². The fraction of sp³-hybridized carbons (Fsp3) is 0.808. The van der Waals surface area contributed by atoms with E-state index in [4.69, 9.17) is 0 Å². The molecule has 2 N–H and O–H groups in total. The van der Waals surface area contributed by atoms with Gasteiger partial charge in [-0.1, -0.05) is 36.6 Å². The summed E-state index contributed by atoms with van der Waals surface area (Å²) in [6.45, 7) is 1.92. The maximum atomic E-state index is 12.3. The van der Waals surface area contributed by atoms with Gasteiger partial charge in [-0.2, -0.15) is 0 Å². The molecule has 0 spiro atoms. The van der Waals surface area contributed by atoms with Gasteiger partial charge in [0.05, 0.1) is 12.2 Å². The fourth-order valence-corrected chi connectivity index (χ4v) is 6.42. The zero-order valence-electron chi connectivity index (χ0n) is 18.6. The van der Waals surface area contributed by atoms with Gasteiger partial charge in [-0.3, -0.25) is 4.79 Å². The van der Waals surface area contributed by atoms with Gasteiger partial charge in [-0.05, 0) is 82.0 Å². The first-order valence-electron chi connectivity index (χ1n) is 12.6. The van der Waals surface area contributed by atoms with E-state index < -0.39 is 0 Å². The molecule has 168 valence electrons. The number of amides is 1. The first kappa shape index (κ1) is 22.1. The highest BCUT2D eigenvalue weighted by molar-refractivity contribution is 5.76. The van der Waals surface area contributed by atoms with Crippen molar-refractivity contribution in [2.75, 3.05) is 13.1 Å². The van der Waals surface area contributed by atoms with E-state index in [1.165, 1.54) is 37.7 Å². The predicted octanol–water partition coefficient (Wildman–Crippen LogP) is 4.61. The third-order valence-corrected chi connectivity index (χ3v) is 8.21. The van der Waals surface area contributed by atoms with Crippen LogP contribution < -0.4 is 0 Å². The second-order valence-electron chi connectivity index (χ2n) is 10.3. The van der Waals surface area contributed by atoms with E-state index in [0.29, 0.717) is 30.1 Å². The van der Waals surface area contributed by atoms with Crippen molar-refractivity contribution in [3.8, 4) is 0 Å². The quantitative estimate of drug-likeness (QED) is 0.449. The lowest BCUT2D eigenvalue weighted by Crippen LogP contribution is -2.35. The Morgan fingerprint density at radius 3 is 2.67 bits per heavy atom. The van der Waals surface area contributed by atoms with Crippen LogP contribution in [0.1, 0.15) is 83.5 Å². The maximum absolute atomic E-state index is 12.3. The van der Waals surface area contributed by atoms with Gasteiger partial charge in [0.25, 0.3) is 0 Å². The lowest BCUT2D eigenvalue weighted by Gasteiger charge is -2.26. The van der Waals surface area contributed by atoms with E-state index >= 15 is 0 Å². The predicted molar refractivity (Wildman–Crippen MR) is 120 cm³/mol. The van der Waals surface area contributed by atoms with Gasteiger partial charge in [0.1, 0.15) is 0 Å². The molecule has 30 heavy (non-hydrogen) atoms. The molecular formula is C26H41NO3. The minimum absolute atomic E-state index is 0.181. The van der Waals surface area contributed by atoms with E-state index in [1.807, 2.05) is 6.08 Å². The Morgan fingerprint density at radius 1 is 1.13 bits per heavy atom. The Bertz CT molecular complexity index is 630. The maximum Gasteiger partial charge on any atom is 0.222 e. The Morgan fingerprint density at radius 2 is 1.90 bits per heavy atom. The molecule has 1 aliphatic heterocycles. The molecule has 4 rings (SSSR count). The topological polar surface area (TPSA) is 60.8 Å². The van der Waals surface area contributed by atoms with E-state index in [2.05, 4.69) is 17.1 Å². The summed E-state index contributed by atoms with van der Waals surface area (Å²) in [5.41, 5.74) is 1.53. The Labute approximate surface area is 182 Å². The van der Waals surface area contributed by atoms with Crippen LogP contribution >= 0.6 is 0 Å². The number of piperidine rings is 1. The highest BCUT2D eigenvalue weighted by Gasteiger charge is 2.43. The summed E-state index contributed by atoms with van der Waals surface area (Å²) in [7, 11) is 0. The standard InChI is InChI=1S/C26H41NO3/c28-24(20-9-3-4-10-20)13-12-22-23-17-19(16-21(23)18-25(22)29)8-2-5-11-26(30)27-14-6-1-7-15-27/h12-13,16,20-25,28-29H,1-11,14-15,17-18H2/t21-,22+,23-,24+,25+/m0/s1. The molecule has 1 amide bonds. The molecule has 0 bridgehead atoms. The molecule has 5 atom stereocenters. The Hall–Kier alpha value is -1.13. The first-order valence-corrected chi connectivity index (χ1v) is 12.6. The van der Waals surface area contributed by atoms with Gasteiger partial charge < -0.3 is 15.1 Å². The zero-order chi connectivity index (χ0) is 20.9. The van der Waals surface area contributed by atoms with Crippen molar-refractivity contribution in [1.29, 1.82) is 0 Å². The number of allylic oxidation sites excluding steroid dienone is 2. The summed E-state index contributed by atoms with van der Waals surface area (Å²) >= 11 is 0. The lowest BCUT2D eigenvalue weighted by molar-refractivity contribution is -0.132.